The van der Waals surface area contributed by atoms with E-state index in [0.717, 1.165) is 189 Å². The average molecular weight is 1640 g/mol. The first kappa shape index (κ1) is 83.9. The minimum absolute atomic E-state index is 0.121. The molecule has 13 heterocycles. The van der Waals surface area contributed by atoms with E-state index in [1.54, 1.807) is 73.3 Å². The molecule has 36 nitrogen and oxygen atoms in total. The molecule has 2 saturated heterocycles. The lowest BCUT2D eigenvalue weighted by molar-refractivity contribution is 0.177. The van der Waals surface area contributed by atoms with Crippen LogP contribution in [0.2, 0.25) is 0 Å². The Labute approximate surface area is 691 Å². The number of aliphatic hydroxyl groups excluding tert-OH is 4. The van der Waals surface area contributed by atoms with Crippen molar-refractivity contribution < 1.29 is 28.8 Å². The van der Waals surface area contributed by atoms with E-state index in [-0.39, 0.29) is 67.3 Å². The first-order valence-electron chi connectivity index (χ1n) is 41.8. The molecule has 4 fully saturated rings. The second-order valence-electron chi connectivity index (χ2n) is 30.8. The first-order valence-corrected chi connectivity index (χ1v) is 43.7. The third kappa shape index (κ3) is 20.3. The molecule has 2 aliphatic carbocycles. The van der Waals surface area contributed by atoms with Crippen molar-refractivity contribution in [1.29, 1.82) is 0 Å². The van der Waals surface area contributed by atoms with Crippen LogP contribution < -0.4 is 41.7 Å². The molecule has 2 aromatic carbocycles. The Balaban J connectivity index is 0.000000130. The Morgan fingerprint density at radius 1 is 0.471 bits per heavy atom. The van der Waals surface area contributed by atoms with E-state index in [4.69, 9.17) is 29.9 Å². The summed E-state index contributed by atoms with van der Waals surface area (Å²) in [6.07, 6.45) is 38.9. The van der Waals surface area contributed by atoms with Gasteiger partial charge in [0.2, 0.25) is 47.6 Å². The summed E-state index contributed by atoms with van der Waals surface area (Å²) in [7, 11) is -1.26. The SMILES string of the molecule is CCc1cnn2c(NCc3ccc4c(c3)ncn4C)nc(N3CCCC[C@H]3CCO)nc12.CCc1cnn2c(NCc3ccnnc3)nc(N[C@H]3CCCC[C@H]3CO)nc12.CCc1cnn2c(NCc3cncnc3)nc(N3CCCC[C@H]3CCO)nc12.CCc1cnn2c(Nc3ccc(S(C)(=O)=O)cc3)nc(N[C@H]3CCCC[C@H]3CO)nc12. The predicted molar refractivity (Wildman–Crippen MR) is 457 cm³/mol. The van der Waals surface area contributed by atoms with Crippen LogP contribution in [0.5, 0.6) is 0 Å². The summed E-state index contributed by atoms with van der Waals surface area (Å²) < 4.78 is 32.4. The van der Waals surface area contributed by atoms with Gasteiger partial charge in [-0.1, -0.05) is 59.4 Å². The Bertz CT molecular complexity index is 5570. The van der Waals surface area contributed by atoms with Crippen LogP contribution in [0, 0.1) is 11.8 Å². The van der Waals surface area contributed by atoms with Gasteiger partial charge in [-0.3, -0.25) is 0 Å². The van der Waals surface area contributed by atoms with Crippen molar-refractivity contribution in [3.63, 3.8) is 0 Å². The number of nitrogens with zero attached hydrogens (tertiary/aromatic N) is 24. The molecule has 17 rings (SSSR count). The predicted octanol–water partition coefficient (Wildman–Crippen LogP) is 9.61. The minimum atomic E-state index is -3.26. The quantitative estimate of drug-likeness (QED) is 0.0218. The van der Waals surface area contributed by atoms with E-state index in [2.05, 4.69) is 136 Å². The topological polar surface area (TPSA) is 435 Å². The van der Waals surface area contributed by atoms with Crippen LogP contribution in [0.25, 0.3) is 33.6 Å². The van der Waals surface area contributed by atoms with E-state index in [0.29, 0.717) is 78.6 Å². The van der Waals surface area contributed by atoms with E-state index in [1.807, 2.05) is 49.5 Å². The third-order valence-corrected chi connectivity index (χ3v) is 23.9. The molecule has 4 aliphatic rings. The maximum absolute atomic E-state index is 11.7. The number of anilines is 9. The molecule has 0 unspecified atom stereocenters. The number of fused-ring (bicyclic) bond motifs is 5. The largest absolute Gasteiger partial charge is 0.396 e. The zero-order valence-corrected chi connectivity index (χ0v) is 69.4. The number of aliphatic hydroxyl groups is 4. The average Bonchev–Trinajstić information content (AvgIpc) is 1.75. The maximum Gasteiger partial charge on any atom is 0.233 e. The number of nitrogens with one attached hydrogen (secondary N) is 6. The van der Waals surface area contributed by atoms with Crippen molar-refractivity contribution in [3.05, 3.63) is 150 Å². The van der Waals surface area contributed by atoms with Gasteiger partial charge >= 0.3 is 0 Å². The highest BCUT2D eigenvalue weighted by atomic mass is 32.2. The first-order chi connectivity index (χ1) is 58.1. The number of benzene rings is 2. The Morgan fingerprint density at radius 3 is 1.41 bits per heavy atom. The fraction of sp³-hybridized carbons (Fsp3) is 0.500. The molecule has 0 bridgehead atoms. The van der Waals surface area contributed by atoms with Crippen molar-refractivity contribution >= 4 is 96.7 Å². The van der Waals surface area contributed by atoms with Crippen LogP contribution in [0.15, 0.2) is 116 Å². The van der Waals surface area contributed by atoms with E-state index in [1.165, 1.54) is 31.8 Å². The third-order valence-electron chi connectivity index (χ3n) is 22.8. The summed E-state index contributed by atoms with van der Waals surface area (Å²) in [4.78, 5) is 55.5. The minimum Gasteiger partial charge on any atom is -0.396 e. The van der Waals surface area contributed by atoms with Gasteiger partial charge in [0, 0.05) is 161 Å². The maximum atomic E-state index is 11.7. The molecule has 0 amide bonds. The number of piperidine rings is 2. The summed E-state index contributed by atoms with van der Waals surface area (Å²) in [6.45, 7) is 12.6. The molecular formula is C82H110N30O6S. The van der Waals surface area contributed by atoms with Gasteiger partial charge in [-0.15, -0.1) is 0 Å². The Morgan fingerprint density at radius 2 is 0.933 bits per heavy atom. The number of imidazole rings is 1. The molecule has 630 valence electrons. The molecule has 6 atom stereocenters. The monoisotopic (exact) mass is 1640 g/mol. The number of hydrogen-bond donors (Lipinski definition) is 10. The summed E-state index contributed by atoms with van der Waals surface area (Å²) >= 11 is 0. The summed E-state index contributed by atoms with van der Waals surface area (Å²) in [5.74, 6) is 5.34. The second-order valence-corrected chi connectivity index (χ2v) is 32.8. The normalized spacial score (nSPS) is 18.3. The van der Waals surface area contributed by atoms with Gasteiger partial charge in [0.05, 0.1) is 53.2 Å². The van der Waals surface area contributed by atoms with E-state index >= 15 is 0 Å². The van der Waals surface area contributed by atoms with Crippen LogP contribution in [0.1, 0.15) is 169 Å². The Kier molecular flexibility index (Phi) is 28.1. The lowest BCUT2D eigenvalue weighted by Gasteiger charge is -2.35. The molecule has 0 radical (unpaired) electrons. The number of aryl methyl sites for hydroxylation is 5. The summed E-state index contributed by atoms with van der Waals surface area (Å²) in [6, 6.07) is 15.6. The van der Waals surface area contributed by atoms with Gasteiger partial charge in [0.25, 0.3) is 0 Å². The molecule has 13 aromatic rings. The molecule has 2 saturated carbocycles. The van der Waals surface area contributed by atoms with E-state index in [9.17, 15) is 28.8 Å². The van der Waals surface area contributed by atoms with Gasteiger partial charge in [-0.05, 0) is 156 Å². The molecular weight excluding hydrogens is 1530 g/mol. The number of hydrogen-bond acceptors (Lipinski definition) is 31. The highest BCUT2D eigenvalue weighted by Crippen LogP contribution is 2.33. The lowest BCUT2D eigenvalue weighted by Crippen LogP contribution is -2.41. The molecule has 0 spiro atoms. The summed E-state index contributed by atoms with van der Waals surface area (Å²) in [5.41, 5.74) is 13.3. The van der Waals surface area contributed by atoms with Gasteiger partial charge < -0.3 is 66.7 Å². The van der Waals surface area contributed by atoms with Crippen LogP contribution in [0.3, 0.4) is 0 Å². The van der Waals surface area contributed by atoms with Crippen molar-refractivity contribution in [1.82, 2.24) is 108 Å². The van der Waals surface area contributed by atoms with Crippen molar-refractivity contribution in [2.45, 2.75) is 205 Å². The smallest absolute Gasteiger partial charge is 0.233 e. The van der Waals surface area contributed by atoms with Crippen molar-refractivity contribution in [2.24, 2.45) is 18.9 Å². The van der Waals surface area contributed by atoms with Crippen LogP contribution in [-0.4, -0.2) is 207 Å². The zero-order chi connectivity index (χ0) is 82.8. The number of aromatic nitrogens is 22. The number of rotatable bonds is 28. The fourth-order valence-electron chi connectivity index (χ4n) is 16.1. The highest BCUT2D eigenvalue weighted by Gasteiger charge is 2.31. The summed E-state index contributed by atoms with van der Waals surface area (Å²) in [5, 5.41) is 84.4. The van der Waals surface area contributed by atoms with Crippen LogP contribution in [-0.2, 0) is 62.2 Å². The molecule has 10 N–H and O–H groups in total. The van der Waals surface area contributed by atoms with Gasteiger partial charge in [-0.25, -0.2) is 23.4 Å². The number of sulfone groups is 1. The zero-order valence-electron chi connectivity index (χ0n) is 68.6. The van der Waals surface area contributed by atoms with Gasteiger partial charge in [0.15, 0.2) is 32.4 Å². The van der Waals surface area contributed by atoms with E-state index < -0.39 is 9.84 Å². The molecule has 2 aliphatic heterocycles. The molecule has 37 heteroatoms. The highest BCUT2D eigenvalue weighted by molar-refractivity contribution is 7.90. The van der Waals surface area contributed by atoms with Crippen molar-refractivity contribution in [2.75, 3.05) is 87.5 Å². The van der Waals surface area contributed by atoms with Crippen LogP contribution in [0.4, 0.5) is 53.3 Å². The molecule has 119 heavy (non-hydrogen) atoms. The Hall–Kier alpha value is -11.5. The van der Waals surface area contributed by atoms with Crippen LogP contribution >= 0.6 is 0 Å². The lowest BCUT2D eigenvalue weighted by atomic mass is 9.85. The fourth-order valence-corrected chi connectivity index (χ4v) is 16.7. The van der Waals surface area contributed by atoms with Crippen molar-refractivity contribution in [3.8, 4) is 0 Å². The molecule has 11 aromatic heterocycles. The standard InChI is InChI=1S/C23H30N8O.C21H28N6O3S.2C19H26N8O/c1-3-17-14-26-31-21(17)27-23(30-10-5-4-6-18(30)9-11-32)28-22(31)24-13-16-7-8-20-19(12-16)25-15-29(20)2;1-3-14-12-22-27-19(14)25-20(24-18-7-5-4-6-15(18)13-28)26-21(27)23-16-8-10-17(11-9-16)31(2,29)30;1-2-15-12-23-27-17(15)24-19(26-7-4-3-5-16(26)6-8-28)25-18(27)22-11-14-9-20-13-21-10-14;1-2-14-11-23-27-17(14)25-18(24-16-6-4-3-5-15(16)12-28)26-19(27)20-9-13-7-8-21-22-10-13/h7-8,12,14-15,18,32H,3-6,9-11,13H2,1-2H3,(H,24,27,28);8-12,15,18,28H,3-7,13H2,1-2H3,(H2,23,24,25,26);9-10,12-13,16,28H,2-8,11H2,1H3,(H,22,24,25);7-8,10-11,15-16,28H,2-6,9,12H2,1H3,(H2,20,24,25,26)/t18-;15-,18-;16-;15-,16-/m0000/s1. The van der Waals surface area contributed by atoms with Gasteiger partial charge in [0.1, 0.15) is 6.33 Å². The van der Waals surface area contributed by atoms with Gasteiger partial charge in [-0.2, -0.15) is 88.5 Å². The second kappa shape index (κ2) is 39.8.